The van der Waals surface area contributed by atoms with Crippen molar-refractivity contribution in [3.8, 4) is 0 Å². The summed E-state index contributed by atoms with van der Waals surface area (Å²) in [5, 5.41) is 1.16. The molecule has 1 unspecified atom stereocenters. The van der Waals surface area contributed by atoms with Gasteiger partial charge in [-0.15, -0.1) is 0 Å². The number of piperazine rings is 1. The van der Waals surface area contributed by atoms with E-state index >= 15 is 0 Å². The molecule has 128 valence electrons. The Kier molecular flexibility index (Phi) is 4.26. The smallest absolute Gasteiger partial charge is 0.151 e. The van der Waals surface area contributed by atoms with Crippen LogP contribution in [-0.2, 0) is 9.84 Å². The first kappa shape index (κ1) is 16.3. The highest BCUT2D eigenvalue weighted by Gasteiger charge is 2.33. The number of nitrogens with zero attached hydrogens (tertiary/aromatic N) is 3. The molecule has 1 atom stereocenters. The van der Waals surface area contributed by atoms with Crippen LogP contribution in [0.5, 0.6) is 0 Å². The first-order valence-electron chi connectivity index (χ1n) is 8.25. The Bertz CT molecular complexity index is 863. The molecule has 2 aromatic rings. The molecule has 1 aromatic heterocycles. The maximum atomic E-state index is 11.7. The van der Waals surface area contributed by atoms with Crippen LogP contribution in [0, 0.1) is 0 Å². The fourth-order valence-corrected chi connectivity index (χ4v) is 5.88. The van der Waals surface area contributed by atoms with E-state index in [4.69, 9.17) is 0 Å². The van der Waals surface area contributed by atoms with Crippen molar-refractivity contribution in [3.63, 3.8) is 0 Å². The summed E-state index contributed by atoms with van der Waals surface area (Å²) in [6.45, 7) is 3.68. The predicted molar refractivity (Wildman–Crippen MR) is 100 cm³/mol. The van der Waals surface area contributed by atoms with Crippen LogP contribution in [0.1, 0.15) is 6.42 Å². The number of pyridine rings is 1. The number of hydrogen-bond donors (Lipinski definition) is 0. The van der Waals surface area contributed by atoms with Crippen molar-refractivity contribution in [1.29, 1.82) is 0 Å². The summed E-state index contributed by atoms with van der Waals surface area (Å²) >= 11 is 3.50. The van der Waals surface area contributed by atoms with Gasteiger partial charge < -0.3 is 4.90 Å². The van der Waals surface area contributed by atoms with Gasteiger partial charge in [0.05, 0.1) is 17.0 Å². The molecule has 4 rings (SSSR count). The van der Waals surface area contributed by atoms with E-state index in [2.05, 4.69) is 42.8 Å². The third kappa shape index (κ3) is 3.17. The summed E-state index contributed by atoms with van der Waals surface area (Å²) in [4.78, 5) is 9.19. The van der Waals surface area contributed by atoms with Crippen LogP contribution in [0.3, 0.4) is 0 Å². The minimum Gasteiger partial charge on any atom is -0.368 e. The zero-order valence-electron chi connectivity index (χ0n) is 13.4. The van der Waals surface area contributed by atoms with Crippen molar-refractivity contribution < 1.29 is 8.42 Å². The Balaban J connectivity index is 1.50. The maximum Gasteiger partial charge on any atom is 0.151 e. The van der Waals surface area contributed by atoms with Crippen molar-refractivity contribution in [1.82, 2.24) is 9.88 Å². The van der Waals surface area contributed by atoms with Crippen molar-refractivity contribution >= 4 is 42.4 Å². The molecule has 0 radical (unpaired) electrons. The molecule has 2 aliphatic heterocycles. The lowest BCUT2D eigenvalue weighted by Crippen LogP contribution is -2.50. The average molecular weight is 410 g/mol. The Morgan fingerprint density at radius 3 is 2.62 bits per heavy atom. The van der Waals surface area contributed by atoms with E-state index in [0.29, 0.717) is 11.5 Å². The van der Waals surface area contributed by atoms with E-state index in [9.17, 15) is 8.42 Å². The standard InChI is InChI=1S/C17H20BrN3O2S/c18-13-1-2-15-16(11-13)19-5-3-17(15)21-8-6-20(7-9-21)14-4-10-24(22,23)12-14/h1-3,5,11,14H,4,6-10,12H2. The number of hydrogen-bond acceptors (Lipinski definition) is 5. The number of fused-ring (bicyclic) bond motifs is 1. The summed E-state index contributed by atoms with van der Waals surface area (Å²) in [7, 11) is -2.81. The summed E-state index contributed by atoms with van der Waals surface area (Å²) in [6, 6.07) is 8.48. The van der Waals surface area contributed by atoms with Gasteiger partial charge in [0.15, 0.2) is 9.84 Å². The second-order valence-corrected chi connectivity index (χ2v) is 9.72. The van der Waals surface area contributed by atoms with Crippen LogP contribution in [0.2, 0.25) is 0 Å². The molecule has 24 heavy (non-hydrogen) atoms. The number of aromatic nitrogens is 1. The summed E-state index contributed by atoms with van der Waals surface area (Å²) < 4.78 is 24.4. The van der Waals surface area contributed by atoms with Crippen LogP contribution in [0.25, 0.3) is 10.9 Å². The van der Waals surface area contributed by atoms with Crippen LogP contribution >= 0.6 is 15.9 Å². The van der Waals surface area contributed by atoms with Gasteiger partial charge in [-0.25, -0.2) is 8.42 Å². The average Bonchev–Trinajstić information content (AvgIpc) is 2.94. The number of rotatable bonds is 2. The molecule has 0 N–H and O–H groups in total. The normalized spacial score (nSPS) is 24.5. The number of anilines is 1. The van der Waals surface area contributed by atoms with E-state index < -0.39 is 9.84 Å². The second kappa shape index (κ2) is 6.28. The van der Waals surface area contributed by atoms with Crippen molar-refractivity contribution in [2.75, 3.05) is 42.6 Å². The summed E-state index contributed by atoms with van der Waals surface area (Å²) in [5.74, 6) is 0.682. The predicted octanol–water partition coefficient (Wildman–Crippen LogP) is 2.31. The fourth-order valence-electron chi connectivity index (χ4n) is 3.77. The molecule has 2 aliphatic rings. The highest BCUT2D eigenvalue weighted by atomic mass is 79.9. The quantitative estimate of drug-likeness (QED) is 0.761. The molecule has 3 heterocycles. The van der Waals surface area contributed by atoms with Crippen LogP contribution in [0.15, 0.2) is 34.9 Å². The minimum atomic E-state index is -2.81. The summed E-state index contributed by atoms with van der Waals surface area (Å²) in [5.41, 5.74) is 2.21. The molecule has 0 aliphatic carbocycles. The maximum absolute atomic E-state index is 11.7. The molecule has 0 amide bonds. The molecule has 0 spiro atoms. The highest BCUT2D eigenvalue weighted by molar-refractivity contribution is 9.10. The first-order chi connectivity index (χ1) is 11.5. The van der Waals surface area contributed by atoms with Gasteiger partial charge in [0.2, 0.25) is 0 Å². The van der Waals surface area contributed by atoms with Crippen molar-refractivity contribution in [2.24, 2.45) is 0 Å². The second-order valence-electron chi connectivity index (χ2n) is 6.57. The van der Waals surface area contributed by atoms with Crippen molar-refractivity contribution in [2.45, 2.75) is 12.5 Å². The van der Waals surface area contributed by atoms with Gasteiger partial charge in [-0.3, -0.25) is 9.88 Å². The molecule has 2 fully saturated rings. The molecular formula is C17H20BrN3O2S. The van der Waals surface area contributed by atoms with Gasteiger partial charge in [0.1, 0.15) is 0 Å². The van der Waals surface area contributed by atoms with E-state index in [1.165, 1.54) is 5.69 Å². The largest absolute Gasteiger partial charge is 0.368 e. The van der Waals surface area contributed by atoms with Gasteiger partial charge in [-0.1, -0.05) is 15.9 Å². The zero-order valence-corrected chi connectivity index (χ0v) is 15.8. The molecule has 2 saturated heterocycles. The monoisotopic (exact) mass is 409 g/mol. The van der Waals surface area contributed by atoms with Crippen LogP contribution in [-0.4, -0.2) is 62.0 Å². The molecular weight excluding hydrogens is 390 g/mol. The SMILES string of the molecule is O=S1(=O)CCC(N2CCN(c3ccnc4cc(Br)ccc34)CC2)C1. The Hall–Kier alpha value is -1.18. The van der Waals surface area contributed by atoms with Crippen LogP contribution in [0.4, 0.5) is 5.69 Å². The van der Waals surface area contributed by atoms with Gasteiger partial charge in [-0.2, -0.15) is 0 Å². The topological polar surface area (TPSA) is 53.5 Å². The Morgan fingerprint density at radius 2 is 1.92 bits per heavy atom. The van der Waals surface area contributed by atoms with Crippen molar-refractivity contribution in [3.05, 3.63) is 34.9 Å². The third-order valence-corrected chi connectivity index (χ3v) is 7.31. The Labute approximate surface area is 150 Å². The molecule has 1 aromatic carbocycles. The van der Waals surface area contributed by atoms with Gasteiger partial charge >= 0.3 is 0 Å². The van der Waals surface area contributed by atoms with E-state index in [-0.39, 0.29) is 6.04 Å². The Morgan fingerprint density at radius 1 is 1.12 bits per heavy atom. The van der Waals surface area contributed by atoms with E-state index in [1.54, 1.807) is 0 Å². The third-order valence-electron chi connectivity index (χ3n) is 5.06. The van der Waals surface area contributed by atoms with E-state index in [0.717, 1.165) is 48.0 Å². The number of benzene rings is 1. The molecule has 0 saturated carbocycles. The zero-order chi connectivity index (χ0) is 16.7. The molecule has 5 nitrogen and oxygen atoms in total. The van der Waals surface area contributed by atoms with Crippen LogP contribution < -0.4 is 4.90 Å². The lowest BCUT2D eigenvalue weighted by atomic mass is 10.1. The van der Waals surface area contributed by atoms with Gasteiger partial charge in [-0.05, 0) is 30.7 Å². The first-order valence-corrected chi connectivity index (χ1v) is 10.9. The fraction of sp³-hybridized carbons (Fsp3) is 0.471. The lowest BCUT2D eigenvalue weighted by molar-refractivity contribution is 0.200. The van der Waals surface area contributed by atoms with E-state index in [1.807, 2.05) is 18.3 Å². The van der Waals surface area contributed by atoms with Gasteiger partial charge in [0.25, 0.3) is 0 Å². The number of halogens is 1. The molecule has 7 heteroatoms. The highest BCUT2D eigenvalue weighted by Crippen LogP contribution is 2.29. The lowest BCUT2D eigenvalue weighted by Gasteiger charge is -2.39. The summed E-state index contributed by atoms with van der Waals surface area (Å²) in [6.07, 6.45) is 2.65. The van der Waals surface area contributed by atoms with Gasteiger partial charge in [0, 0.05) is 54.0 Å². The minimum absolute atomic E-state index is 0.210. The number of sulfone groups is 1. The molecule has 0 bridgehead atoms.